The van der Waals surface area contributed by atoms with Crippen molar-refractivity contribution in [3.63, 3.8) is 0 Å². The SMILES string of the molecule is CC1CC1Cn1cc[nH]c1=O. The van der Waals surface area contributed by atoms with Crippen molar-refractivity contribution in [2.75, 3.05) is 0 Å². The van der Waals surface area contributed by atoms with E-state index in [4.69, 9.17) is 0 Å². The topological polar surface area (TPSA) is 37.8 Å². The van der Waals surface area contributed by atoms with Gasteiger partial charge in [-0.1, -0.05) is 6.92 Å². The molecule has 1 saturated carbocycles. The maximum Gasteiger partial charge on any atom is 0.325 e. The highest BCUT2D eigenvalue weighted by Gasteiger charge is 2.32. The number of hydrogen-bond donors (Lipinski definition) is 1. The molecule has 3 heteroatoms. The zero-order valence-electron chi connectivity index (χ0n) is 6.58. The molecular formula is C8H12N2O. The van der Waals surface area contributed by atoms with E-state index >= 15 is 0 Å². The molecule has 2 atom stereocenters. The molecule has 1 aliphatic carbocycles. The number of aromatic amines is 1. The van der Waals surface area contributed by atoms with Crippen LogP contribution >= 0.6 is 0 Å². The molecule has 2 rings (SSSR count). The molecule has 1 aliphatic rings. The van der Waals surface area contributed by atoms with E-state index in [9.17, 15) is 4.79 Å². The Morgan fingerprint density at radius 2 is 2.55 bits per heavy atom. The van der Waals surface area contributed by atoms with Gasteiger partial charge in [0.25, 0.3) is 0 Å². The van der Waals surface area contributed by atoms with Crippen LogP contribution in [0.3, 0.4) is 0 Å². The molecule has 1 N–H and O–H groups in total. The lowest BCUT2D eigenvalue weighted by Crippen LogP contribution is -2.17. The molecule has 60 valence electrons. The number of nitrogens with zero attached hydrogens (tertiary/aromatic N) is 1. The molecule has 2 unspecified atom stereocenters. The lowest BCUT2D eigenvalue weighted by molar-refractivity contribution is 0.578. The predicted molar refractivity (Wildman–Crippen MR) is 42.3 cm³/mol. The molecule has 0 saturated heterocycles. The van der Waals surface area contributed by atoms with Crippen molar-refractivity contribution in [3.8, 4) is 0 Å². The van der Waals surface area contributed by atoms with E-state index in [-0.39, 0.29) is 5.69 Å². The van der Waals surface area contributed by atoms with Gasteiger partial charge < -0.3 is 4.98 Å². The summed E-state index contributed by atoms with van der Waals surface area (Å²) in [4.78, 5) is 13.6. The van der Waals surface area contributed by atoms with Crippen LogP contribution in [0.25, 0.3) is 0 Å². The van der Waals surface area contributed by atoms with E-state index in [0.29, 0.717) is 0 Å². The molecule has 0 bridgehead atoms. The van der Waals surface area contributed by atoms with Gasteiger partial charge in [-0.2, -0.15) is 0 Å². The van der Waals surface area contributed by atoms with Gasteiger partial charge in [-0.3, -0.25) is 4.57 Å². The van der Waals surface area contributed by atoms with Gasteiger partial charge in [0, 0.05) is 18.9 Å². The van der Waals surface area contributed by atoms with Gasteiger partial charge in [0.2, 0.25) is 0 Å². The first-order valence-electron chi connectivity index (χ1n) is 4.01. The highest BCUT2D eigenvalue weighted by Crippen LogP contribution is 2.38. The number of rotatable bonds is 2. The molecule has 0 aromatic carbocycles. The third kappa shape index (κ3) is 1.23. The Morgan fingerprint density at radius 1 is 1.82 bits per heavy atom. The van der Waals surface area contributed by atoms with Crippen molar-refractivity contribution in [2.45, 2.75) is 19.9 Å². The van der Waals surface area contributed by atoms with Crippen LogP contribution in [-0.2, 0) is 6.54 Å². The first-order valence-corrected chi connectivity index (χ1v) is 4.01. The minimum atomic E-state index is 0.0177. The second kappa shape index (κ2) is 2.26. The Labute approximate surface area is 65.1 Å². The van der Waals surface area contributed by atoms with Crippen LogP contribution in [0, 0.1) is 11.8 Å². The lowest BCUT2D eigenvalue weighted by atomic mass is 10.3. The van der Waals surface area contributed by atoms with E-state index in [0.717, 1.165) is 18.4 Å². The Hall–Kier alpha value is -0.990. The second-order valence-corrected chi connectivity index (χ2v) is 3.39. The summed E-state index contributed by atoms with van der Waals surface area (Å²) < 4.78 is 1.74. The number of hydrogen-bond acceptors (Lipinski definition) is 1. The fourth-order valence-electron chi connectivity index (χ4n) is 1.40. The third-order valence-electron chi connectivity index (χ3n) is 2.43. The van der Waals surface area contributed by atoms with Crippen LogP contribution in [-0.4, -0.2) is 9.55 Å². The van der Waals surface area contributed by atoms with Crippen molar-refractivity contribution in [1.82, 2.24) is 9.55 Å². The normalized spacial score (nSPS) is 28.8. The summed E-state index contributed by atoms with van der Waals surface area (Å²) in [5, 5.41) is 0. The maximum absolute atomic E-state index is 11.0. The monoisotopic (exact) mass is 152 g/mol. The lowest BCUT2D eigenvalue weighted by Gasteiger charge is -1.96. The van der Waals surface area contributed by atoms with E-state index < -0.39 is 0 Å². The number of aromatic nitrogens is 2. The van der Waals surface area contributed by atoms with E-state index in [1.165, 1.54) is 6.42 Å². The highest BCUT2D eigenvalue weighted by atomic mass is 16.1. The first-order chi connectivity index (χ1) is 5.27. The van der Waals surface area contributed by atoms with Crippen LogP contribution in [0.15, 0.2) is 17.2 Å². The van der Waals surface area contributed by atoms with Gasteiger partial charge in [-0.15, -0.1) is 0 Å². The van der Waals surface area contributed by atoms with Crippen LogP contribution in [0.2, 0.25) is 0 Å². The summed E-state index contributed by atoms with van der Waals surface area (Å²) in [6, 6.07) is 0. The molecule has 1 aromatic rings. The fourth-order valence-corrected chi connectivity index (χ4v) is 1.40. The maximum atomic E-state index is 11.0. The Balaban J connectivity index is 2.07. The zero-order valence-corrected chi connectivity index (χ0v) is 6.58. The van der Waals surface area contributed by atoms with Gasteiger partial charge in [0.05, 0.1) is 0 Å². The van der Waals surface area contributed by atoms with Crippen molar-refractivity contribution in [1.29, 1.82) is 0 Å². The molecule has 0 radical (unpaired) electrons. The standard InChI is InChI=1S/C8H12N2O/c1-6-4-7(6)5-10-3-2-9-8(10)11/h2-3,6-7H,4-5H2,1H3,(H,9,11). The zero-order chi connectivity index (χ0) is 7.84. The van der Waals surface area contributed by atoms with Crippen LogP contribution in [0.1, 0.15) is 13.3 Å². The van der Waals surface area contributed by atoms with Crippen LogP contribution < -0.4 is 5.69 Å². The number of nitrogens with one attached hydrogen (secondary N) is 1. The molecule has 1 heterocycles. The van der Waals surface area contributed by atoms with Gasteiger partial charge in [0.1, 0.15) is 0 Å². The highest BCUT2D eigenvalue weighted by molar-refractivity contribution is 4.85. The van der Waals surface area contributed by atoms with Crippen molar-refractivity contribution < 1.29 is 0 Å². The fraction of sp³-hybridized carbons (Fsp3) is 0.625. The minimum absolute atomic E-state index is 0.0177. The second-order valence-electron chi connectivity index (χ2n) is 3.39. The first kappa shape index (κ1) is 6.70. The Morgan fingerprint density at radius 3 is 3.00 bits per heavy atom. The number of H-pyrrole nitrogens is 1. The van der Waals surface area contributed by atoms with Crippen molar-refractivity contribution in [3.05, 3.63) is 22.9 Å². The largest absolute Gasteiger partial charge is 0.325 e. The van der Waals surface area contributed by atoms with Gasteiger partial charge in [-0.25, -0.2) is 4.79 Å². The average Bonchev–Trinajstić information content (AvgIpc) is 2.48. The molecular weight excluding hydrogens is 140 g/mol. The summed E-state index contributed by atoms with van der Waals surface area (Å²) in [6.45, 7) is 3.12. The quantitative estimate of drug-likeness (QED) is 0.669. The molecule has 1 fully saturated rings. The smallest absolute Gasteiger partial charge is 0.313 e. The molecule has 1 aromatic heterocycles. The molecule has 0 amide bonds. The van der Waals surface area contributed by atoms with Crippen LogP contribution in [0.5, 0.6) is 0 Å². The summed E-state index contributed by atoms with van der Waals surface area (Å²) >= 11 is 0. The van der Waals surface area contributed by atoms with Gasteiger partial charge in [0.15, 0.2) is 0 Å². The summed E-state index contributed by atoms with van der Waals surface area (Å²) in [6.07, 6.45) is 4.78. The Bertz CT molecular complexity index is 299. The minimum Gasteiger partial charge on any atom is -0.313 e. The van der Waals surface area contributed by atoms with Crippen molar-refractivity contribution >= 4 is 0 Å². The molecule has 11 heavy (non-hydrogen) atoms. The summed E-state index contributed by atoms with van der Waals surface area (Å²) in [7, 11) is 0. The summed E-state index contributed by atoms with van der Waals surface area (Å²) in [5.74, 6) is 1.56. The molecule has 0 spiro atoms. The average molecular weight is 152 g/mol. The predicted octanol–water partition coefficient (Wildman–Crippen LogP) is 0.832. The molecule has 0 aliphatic heterocycles. The third-order valence-corrected chi connectivity index (χ3v) is 2.43. The van der Waals surface area contributed by atoms with E-state index in [2.05, 4.69) is 11.9 Å². The van der Waals surface area contributed by atoms with Crippen molar-refractivity contribution in [2.24, 2.45) is 11.8 Å². The van der Waals surface area contributed by atoms with E-state index in [1.54, 1.807) is 10.8 Å². The van der Waals surface area contributed by atoms with Gasteiger partial charge >= 0.3 is 5.69 Å². The Kier molecular flexibility index (Phi) is 1.37. The number of imidazole rings is 1. The van der Waals surface area contributed by atoms with E-state index in [1.807, 2.05) is 6.20 Å². The summed E-state index contributed by atoms with van der Waals surface area (Å²) in [5.41, 5.74) is 0.0177. The molecule has 3 nitrogen and oxygen atoms in total. The van der Waals surface area contributed by atoms with Gasteiger partial charge in [-0.05, 0) is 18.3 Å². The van der Waals surface area contributed by atoms with Crippen LogP contribution in [0.4, 0.5) is 0 Å².